The quantitative estimate of drug-likeness (QED) is 0.122. The van der Waals surface area contributed by atoms with Crippen molar-refractivity contribution in [1.82, 2.24) is 68.4 Å². The van der Waals surface area contributed by atoms with Gasteiger partial charge in [-0.15, -0.1) is 0 Å². The van der Waals surface area contributed by atoms with E-state index in [9.17, 15) is 0 Å². The molecule has 332 valence electrons. The molecule has 12 rings (SSSR count). The van der Waals surface area contributed by atoms with E-state index in [1.165, 1.54) is 16.3 Å². The van der Waals surface area contributed by atoms with E-state index in [0.29, 0.717) is 26.7 Å². The first-order valence-corrected chi connectivity index (χ1v) is 22.5. The summed E-state index contributed by atoms with van der Waals surface area (Å²) in [5.74, 6) is 0. The van der Waals surface area contributed by atoms with Crippen molar-refractivity contribution >= 4 is 44.6 Å². The van der Waals surface area contributed by atoms with Crippen molar-refractivity contribution < 1.29 is 0 Å². The first-order chi connectivity index (χ1) is 32.2. The smallest absolute Gasteiger partial charge is 0.140 e. The number of aromatic nitrogens is 1. The Morgan fingerprint density at radius 2 is 0.585 bits per heavy atom. The van der Waals surface area contributed by atoms with Gasteiger partial charge in [-0.2, -0.15) is 0 Å². The van der Waals surface area contributed by atoms with Crippen molar-refractivity contribution in [2.45, 2.75) is 50.3 Å². The van der Waals surface area contributed by atoms with Crippen molar-refractivity contribution in [3.05, 3.63) is 164 Å². The Morgan fingerprint density at radius 3 is 0.969 bits per heavy atom. The monoisotopic (exact) mass is 869 g/mol. The van der Waals surface area contributed by atoms with Crippen molar-refractivity contribution in [1.29, 1.82) is 0 Å². The van der Waals surface area contributed by atoms with Gasteiger partial charge in [0.15, 0.2) is 0 Å². The lowest BCUT2D eigenvalue weighted by Crippen LogP contribution is -2.84. The third-order valence-electron chi connectivity index (χ3n) is 13.0. The molecular formula is C48H55N17. The molecule has 7 aromatic rings. The summed E-state index contributed by atoms with van der Waals surface area (Å²) in [6, 6.07) is 58.0. The Bertz CT molecular complexity index is 2600. The average molecular weight is 870 g/mol. The molecule has 0 saturated carbocycles. The highest BCUT2D eigenvalue weighted by molar-refractivity contribution is 6.10. The van der Waals surface area contributed by atoms with Crippen molar-refractivity contribution in [2.75, 3.05) is 46.3 Å². The fraction of sp³-hybridized carbons (Fsp3) is 0.250. The minimum Gasteiger partial charge on any atom is -0.315 e. The van der Waals surface area contributed by atoms with Crippen molar-refractivity contribution in [3.8, 4) is 5.69 Å². The second kappa shape index (κ2) is 17.7. The maximum absolute atomic E-state index is 4.04. The van der Waals surface area contributed by atoms with Crippen LogP contribution in [0.5, 0.6) is 0 Å². The molecule has 8 atom stereocenters. The second-order valence-corrected chi connectivity index (χ2v) is 16.8. The summed E-state index contributed by atoms with van der Waals surface area (Å²) in [6.45, 7) is 2.18. The zero-order valence-electron chi connectivity index (χ0n) is 35.8. The lowest BCUT2D eigenvalue weighted by Gasteiger charge is -2.55. The molecule has 5 aliphatic rings. The molecular weight excluding hydrogens is 815 g/mol. The Kier molecular flexibility index (Phi) is 11.0. The minimum absolute atomic E-state index is 0.296. The number of nitrogens with one attached hydrogen (secondary N) is 12. The summed E-state index contributed by atoms with van der Waals surface area (Å²) < 4.78 is 2.37. The molecule has 5 fully saturated rings. The molecule has 65 heavy (non-hydrogen) atoms. The van der Waals surface area contributed by atoms with Crippen LogP contribution < -0.4 is 83.4 Å². The number of para-hydroxylation sites is 5. The summed E-state index contributed by atoms with van der Waals surface area (Å²) >= 11 is 0. The van der Waals surface area contributed by atoms with E-state index >= 15 is 0 Å². The molecule has 17 nitrogen and oxygen atoms in total. The van der Waals surface area contributed by atoms with Gasteiger partial charge < -0.3 is 24.2 Å². The molecule has 8 bridgehead atoms. The van der Waals surface area contributed by atoms with E-state index in [-0.39, 0.29) is 50.3 Å². The zero-order valence-corrected chi connectivity index (χ0v) is 35.8. The standard InChI is InChI=1S/C48H55N17/c1-5-15-32(16-6-1)61-39-24-14-13-23-37(39)38-27-36(25-26-40(38)61)65-47-55-30-53-45(59-47)63(34-19-9-3-10-20-34)43-51-28-49-41(57-43)62(33-17-7-2-8-18-33)42-50-29-52-44(58-42)64(35-21-11-4-12-22-35)46-54-31-56-48(65)60-46/h1-27,41-60H,28-31H2. The highest BCUT2D eigenvalue weighted by atomic mass is 15.7. The lowest BCUT2D eigenvalue weighted by atomic mass is 10.1. The van der Waals surface area contributed by atoms with Crippen molar-refractivity contribution in [3.63, 3.8) is 0 Å². The van der Waals surface area contributed by atoms with Gasteiger partial charge in [0.25, 0.3) is 0 Å². The molecule has 5 saturated heterocycles. The Hall–Kier alpha value is -6.16. The molecule has 0 spiro atoms. The first kappa shape index (κ1) is 40.4. The number of hydrogen-bond acceptors (Lipinski definition) is 16. The molecule has 0 amide bonds. The first-order valence-electron chi connectivity index (χ1n) is 22.5. The molecule has 6 heterocycles. The Labute approximate surface area is 377 Å². The third-order valence-corrected chi connectivity index (χ3v) is 13.0. The SMILES string of the molecule is c1ccc(N2C3NCNC(N3)N(c3ccccc3)C3NCNC(N3)N(c3ccc4c(c3)c3ccccc3n4-c3ccccc3)C3NCNC(N3)N(c3ccccc3)C3NCNC2N3)cc1. The predicted molar refractivity (Wildman–Crippen MR) is 257 cm³/mol. The molecule has 17 heteroatoms. The third kappa shape index (κ3) is 7.62. The summed E-state index contributed by atoms with van der Waals surface area (Å²) in [5, 5.41) is 48.6. The van der Waals surface area contributed by atoms with Crippen LogP contribution in [0.15, 0.2) is 164 Å². The van der Waals surface area contributed by atoms with Crippen LogP contribution in [0.4, 0.5) is 22.7 Å². The molecule has 6 aromatic carbocycles. The number of benzene rings is 6. The van der Waals surface area contributed by atoms with E-state index < -0.39 is 0 Å². The fourth-order valence-electron chi connectivity index (χ4n) is 10.1. The molecule has 1 aromatic heterocycles. The highest BCUT2D eigenvalue weighted by Crippen LogP contribution is 2.36. The number of fused-ring (bicyclic) bond motifs is 11. The van der Waals surface area contributed by atoms with Crippen LogP contribution in [0.3, 0.4) is 0 Å². The van der Waals surface area contributed by atoms with E-state index in [4.69, 9.17) is 0 Å². The van der Waals surface area contributed by atoms with Crippen molar-refractivity contribution in [2.24, 2.45) is 0 Å². The van der Waals surface area contributed by atoms with Crippen LogP contribution in [0.1, 0.15) is 0 Å². The van der Waals surface area contributed by atoms with Gasteiger partial charge in [-0.3, -0.25) is 63.8 Å². The van der Waals surface area contributed by atoms with E-state index in [0.717, 1.165) is 34.0 Å². The molecule has 5 aliphatic heterocycles. The van der Waals surface area contributed by atoms with Crippen LogP contribution >= 0.6 is 0 Å². The summed E-state index contributed by atoms with van der Waals surface area (Å²) in [6.07, 6.45) is -2.57. The zero-order chi connectivity index (χ0) is 43.1. The number of anilines is 4. The predicted octanol–water partition coefficient (Wildman–Crippen LogP) is 2.35. The summed E-state index contributed by atoms with van der Waals surface area (Å²) in [4.78, 5) is 9.48. The van der Waals surface area contributed by atoms with E-state index in [2.05, 4.69) is 252 Å². The van der Waals surface area contributed by atoms with Crippen LogP contribution in [-0.4, -0.2) is 81.6 Å². The number of nitrogens with zero attached hydrogens (tertiary/aromatic N) is 5. The van der Waals surface area contributed by atoms with Gasteiger partial charge in [0.05, 0.1) is 37.7 Å². The van der Waals surface area contributed by atoms with Gasteiger partial charge in [0, 0.05) is 39.2 Å². The largest absolute Gasteiger partial charge is 0.315 e. The Balaban J connectivity index is 1.01. The molecule has 12 N–H and O–H groups in total. The minimum atomic E-state index is -0.355. The maximum atomic E-state index is 4.04. The van der Waals surface area contributed by atoms with Gasteiger partial charge in [-0.05, 0) is 72.8 Å². The second-order valence-electron chi connectivity index (χ2n) is 16.8. The number of hydrogen-bond donors (Lipinski definition) is 12. The van der Waals surface area contributed by atoms with Gasteiger partial charge in [0.2, 0.25) is 0 Å². The summed E-state index contributed by atoms with van der Waals surface area (Å²) in [7, 11) is 0. The average Bonchev–Trinajstić information content (AvgIpc) is 3.70. The summed E-state index contributed by atoms with van der Waals surface area (Å²) in [5.41, 5.74) is 7.63. The van der Waals surface area contributed by atoms with Crippen LogP contribution in [0, 0.1) is 0 Å². The topological polar surface area (TPSA) is 162 Å². The molecule has 8 unspecified atom stereocenters. The number of rotatable bonds is 5. The van der Waals surface area contributed by atoms with Crippen LogP contribution in [-0.2, 0) is 0 Å². The fourth-order valence-corrected chi connectivity index (χ4v) is 10.1. The van der Waals surface area contributed by atoms with Gasteiger partial charge in [0.1, 0.15) is 50.3 Å². The van der Waals surface area contributed by atoms with E-state index in [1.807, 2.05) is 0 Å². The van der Waals surface area contributed by atoms with Gasteiger partial charge >= 0.3 is 0 Å². The van der Waals surface area contributed by atoms with Gasteiger partial charge in [-0.25, -0.2) is 0 Å². The maximum Gasteiger partial charge on any atom is 0.140 e. The molecule has 0 aliphatic carbocycles. The van der Waals surface area contributed by atoms with Crippen LogP contribution in [0.2, 0.25) is 0 Å². The van der Waals surface area contributed by atoms with E-state index in [1.54, 1.807) is 0 Å². The molecule has 0 radical (unpaired) electrons. The normalized spacial score (nSPS) is 27.5. The lowest BCUT2D eigenvalue weighted by molar-refractivity contribution is 0.135. The van der Waals surface area contributed by atoms with Crippen LogP contribution in [0.25, 0.3) is 27.5 Å². The highest BCUT2D eigenvalue weighted by Gasteiger charge is 2.43. The Morgan fingerprint density at radius 1 is 0.277 bits per heavy atom. The van der Waals surface area contributed by atoms with Gasteiger partial charge in [-0.1, -0.05) is 91.0 Å².